The first-order chi connectivity index (χ1) is 11.6. The first-order valence-electron chi connectivity index (χ1n) is 7.37. The van der Waals surface area contributed by atoms with E-state index < -0.39 is 17.8 Å². The summed E-state index contributed by atoms with van der Waals surface area (Å²) in [5, 5.41) is 10.5. The predicted molar refractivity (Wildman–Crippen MR) is 81.8 cm³/mol. The lowest BCUT2D eigenvalue weighted by Crippen LogP contribution is -2.23. The summed E-state index contributed by atoms with van der Waals surface area (Å²) < 4.78 is 41.6. The maximum atomic E-state index is 13.1. The average molecular weight is 352 g/mol. The van der Waals surface area contributed by atoms with Crippen molar-refractivity contribution in [3.63, 3.8) is 0 Å². The summed E-state index contributed by atoms with van der Waals surface area (Å²) >= 11 is 0. The van der Waals surface area contributed by atoms with E-state index in [0.717, 1.165) is 17.3 Å². The van der Waals surface area contributed by atoms with Gasteiger partial charge in [0.1, 0.15) is 5.69 Å². The summed E-state index contributed by atoms with van der Waals surface area (Å²) in [4.78, 5) is 16.2. The van der Waals surface area contributed by atoms with Crippen LogP contribution in [0.5, 0.6) is 0 Å². The molecule has 0 fully saturated rings. The topological polar surface area (TPSA) is 77.1 Å². The van der Waals surface area contributed by atoms with Crippen LogP contribution in [-0.4, -0.2) is 30.3 Å². The number of carbonyl (C=O) groups is 1. The molecule has 132 valence electrons. The van der Waals surface area contributed by atoms with Gasteiger partial charge in [-0.25, -0.2) is 9.50 Å². The Hall–Kier alpha value is -2.91. The number of rotatable bonds is 3. The smallest absolute Gasteiger partial charge is 0.346 e. The van der Waals surface area contributed by atoms with Crippen LogP contribution >= 0.6 is 0 Å². The van der Waals surface area contributed by atoms with Crippen molar-refractivity contribution in [2.45, 2.75) is 26.6 Å². The summed E-state index contributed by atoms with van der Waals surface area (Å²) in [7, 11) is 1.76. The van der Waals surface area contributed by atoms with E-state index in [-0.39, 0.29) is 23.6 Å². The molecule has 0 aromatic carbocycles. The molecule has 0 aliphatic carbocycles. The number of hydrogen-bond donors (Lipinski definition) is 1. The fourth-order valence-electron chi connectivity index (χ4n) is 2.50. The maximum absolute atomic E-state index is 13.1. The molecule has 3 rings (SSSR count). The Morgan fingerprint density at radius 3 is 2.56 bits per heavy atom. The molecule has 0 aliphatic rings. The first-order valence-corrected chi connectivity index (χ1v) is 7.37. The van der Waals surface area contributed by atoms with Gasteiger partial charge < -0.3 is 5.32 Å². The van der Waals surface area contributed by atoms with Crippen LogP contribution in [0.1, 0.15) is 33.1 Å². The second-order valence-electron chi connectivity index (χ2n) is 5.68. The highest BCUT2D eigenvalue weighted by Crippen LogP contribution is 2.29. The van der Waals surface area contributed by atoms with Gasteiger partial charge >= 0.3 is 6.18 Å². The summed E-state index contributed by atoms with van der Waals surface area (Å²) in [5.41, 5.74) is 0.619. The van der Waals surface area contributed by atoms with E-state index in [1.54, 1.807) is 24.9 Å². The molecule has 3 aromatic rings. The van der Waals surface area contributed by atoms with E-state index in [1.165, 1.54) is 13.0 Å². The Labute approximate surface area is 140 Å². The molecular weight excluding hydrogens is 337 g/mol. The Morgan fingerprint density at radius 2 is 1.96 bits per heavy atom. The number of hydrogen-bond acceptors (Lipinski definition) is 4. The van der Waals surface area contributed by atoms with Crippen molar-refractivity contribution in [3.8, 4) is 0 Å². The molecule has 1 N–H and O–H groups in total. The van der Waals surface area contributed by atoms with E-state index in [1.807, 2.05) is 0 Å². The van der Waals surface area contributed by atoms with Crippen molar-refractivity contribution >= 4 is 11.6 Å². The average Bonchev–Trinajstić information content (AvgIpc) is 3.05. The third kappa shape index (κ3) is 3.32. The molecule has 7 nitrogen and oxygen atoms in total. The standard InChI is InChI=1S/C15H15F3N6O/c1-8-4-12(15(16,17)18)24-13(20-8)5-11(22-24)14(25)19-6-10-7-23(3)21-9(10)2/h4-5,7H,6H2,1-3H3,(H,19,25). The number of nitrogens with one attached hydrogen (secondary N) is 1. The largest absolute Gasteiger partial charge is 0.433 e. The van der Waals surface area contributed by atoms with Crippen molar-refractivity contribution in [2.75, 3.05) is 0 Å². The molecule has 0 saturated heterocycles. The van der Waals surface area contributed by atoms with Gasteiger partial charge in [0.2, 0.25) is 0 Å². The summed E-state index contributed by atoms with van der Waals surface area (Å²) in [5.74, 6) is -0.584. The van der Waals surface area contributed by atoms with Crippen LogP contribution < -0.4 is 5.32 Å². The third-order valence-corrected chi connectivity index (χ3v) is 3.63. The van der Waals surface area contributed by atoms with Crippen LogP contribution in [0.4, 0.5) is 13.2 Å². The molecule has 0 radical (unpaired) electrons. The Morgan fingerprint density at radius 1 is 1.24 bits per heavy atom. The zero-order valence-electron chi connectivity index (χ0n) is 13.7. The van der Waals surface area contributed by atoms with Gasteiger partial charge in [-0.1, -0.05) is 0 Å². The number of aryl methyl sites for hydroxylation is 3. The zero-order chi connectivity index (χ0) is 18.4. The van der Waals surface area contributed by atoms with Gasteiger partial charge in [-0.15, -0.1) is 0 Å². The second kappa shape index (κ2) is 5.87. The monoisotopic (exact) mass is 352 g/mol. The van der Waals surface area contributed by atoms with Crippen molar-refractivity contribution in [3.05, 3.63) is 46.7 Å². The highest BCUT2D eigenvalue weighted by atomic mass is 19.4. The Balaban J connectivity index is 1.88. The van der Waals surface area contributed by atoms with Crippen LogP contribution in [-0.2, 0) is 19.8 Å². The highest BCUT2D eigenvalue weighted by molar-refractivity contribution is 5.93. The van der Waals surface area contributed by atoms with E-state index in [4.69, 9.17) is 0 Å². The van der Waals surface area contributed by atoms with Crippen molar-refractivity contribution in [1.29, 1.82) is 0 Å². The van der Waals surface area contributed by atoms with Gasteiger partial charge in [-0.2, -0.15) is 23.4 Å². The van der Waals surface area contributed by atoms with Crippen LogP contribution in [0.3, 0.4) is 0 Å². The number of amides is 1. The molecule has 3 aromatic heterocycles. The molecule has 3 heterocycles. The summed E-state index contributed by atoms with van der Waals surface area (Å²) in [6.45, 7) is 3.45. The lowest BCUT2D eigenvalue weighted by Gasteiger charge is -2.09. The van der Waals surface area contributed by atoms with Gasteiger partial charge in [-0.3, -0.25) is 9.48 Å². The van der Waals surface area contributed by atoms with E-state index in [2.05, 4.69) is 20.5 Å². The number of nitrogens with zero attached hydrogens (tertiary/aromatic N) is 5. The number of alkyl halides is 3. The number of fused-ring (bicyclic) bond motifs is 1. The second-order valence-corrected chi connectivity index (χ2v) is 5.68. The molecular formula is C15H15F3N6O. The van der Waals surface area contributed by atoms with Gasteiger partial charge in [0.25, 0.3) is 5.91 Å². The van der Waals surface area contributed by atoms with Gasteiger partial charge in [-0.05, 0) is 19.9 Å². The van der Waals surface area contributed by atoms with Crippen LogP contribution in [0.25, 0.3) is 5.65 Å². The van der Waals surface area contributed by atoms with Crippen molar-refractivity contribution in [1.82, 2.24) is 29.7 Å². The molecule has 0 bridgehead atoms. The Kier molecular flexibility index (Phi) is 3.97. The molecule has 0 unspecified atom stereocenters. The van der Waals surface area contributed by atoms with E-state index >= 15 is 0 Å². The van der Waals surface area contributed by atoms with Crippen LogP contribution in [0.15, 0.2) is 18.3 Å². The number of carbonyl (C=O) groups excluding carboxylic acids is 1. The zero-order valence-corrected chi connectivity index (χ0v) is 13.7. The fraction of sp³-hybridized carbons (Fsp3) is 0.333. The van der Waals surface area contributed by atoms with Crippen molar-refractivity contribution < 1.29 is 18.0 Å². The van der Waals surface area contributed by atoms with Crippen LogP contribution in [0, 0.1) is 13.8 Å². The molecule has 25 heavy (non-hydrogen) atoms. The molecule has 0 saturated carbocycles. The quantitative estimate of drug-likeness (QED) is 0.782. The molecule has 10 heteroatoms. The maximum Gasteiger partial charge on any atom is 0.433 e. The third-order valence-electron chi connectivity index (χ3n) is 3.63. The summed E-state index contributed by atoms with van der Waals surface area (Å²) in [6.07, 6.45) is -2.84. The lowest BCUT2D eigenvalue weighted by atomic mass is 10.2. The SMILES string of the molecule is Cc1cc(C(F)(F)F)n2nc(C(=O)NCc3cn(C)nc3C)cc2n1. The minimum absolute atomic E-state index is 0.0324. The number of aromatic nitrogens is 5. The van der Waals surface area contributed by atoms with Gasteiger partial charge in [0.15, 0.2) is 11.3 Å². The van der Waals surface area contributed by atoms with E-state index in [0.29, 0.717) is 4.52 Å². The van der Waals surface area contributed by atoms with E-state index in [9.17, 15) is 18.0 Å². The predicted octanol–water partition coefficient (Wildman–Crippen LogP) is 2.03. The molecule has 0 aliphatic heterocycles. The first kappa shape index (κ1) is 16.9. The minimum atomic E-state index is -4.60. The minimum Gasteiger partial charge on any atom is -0.346 e. The number of halogens is 3. The van der Waals surface area contributed by atoms with Gasteiger partial charge in [0, 0.05) is 37.1 Å². The lowest BCUT2D eigenvalue weighted by molar-refractivity contribution is -0.142. The molecule has 1 amide bonds. The molecule has 0 spiro atoms. The van der Waals surface area contributed by atoms with Crippen LogP contribution in [0.2, 0.25) is 0 Å². The normalized spacial score (nSPS) is 11.9. The summed E-state index contributed by atoms with van der Waals surface area (Å²) in [6, 6.07) is 2.12. The highest BCUT2D eigenvalue weighted by Gasteiger charge is 2.35. The van der Waals surface area contributed by atoms with Crippen molar-refractivity contribution in [2.24, 2.45) is 7.05 Å². The van der Waals surface area contributed by atoms with Gasteiger partial charge in [0.05, 0.1) is 5.69 Å². The molecule has 0 atom stereocenters. The Bertz CT molecular complexity index is 956. The fourth-order valence-corrected chi connectivity index (χ4v) is 2.50.